The van der Waals surface area contributed by atoms with Crippen molar-refractivity contribution in [2.45, 2.75) is 38.3 Å². The molecule has 1 amide bonds. The topological polar surface area (TPSA) is 59.0 Å². The Balaban J connectivity index is 1.72. The van der Waals surface area contributed by atoms with Crippen LogP contribution in [0.4, 0.5) is 8.78 Å². The molecule has 2 unspecified atom stereocenters. The summed E-state index contributed by atoms with van der Waals surface area (Å²) in [7, 11) is 0. The van der Waals surface area contributed by atoms with Crippen molar-refractivity contribution in [1.29, 1.82) is 0 Å². The summed E-state index contributed by atoms with van der Waals surface area (Å²) < 4.78 is 29.2. The van der Waals surface area contributed by atoms with Crippen LogP contribution >= 0.6 is 0 Å². The molecule has 1 saturated heterocycles. The highest BCUT2D eigenvalue weighted by Gasteiger charge is 2.21. The highest BCUT2D eigenvalue weighted by Crippen LogP contribution is 2.22. The third-order valence-corrected chi connectivity index (χ3v) is 4.53. The second-order valence-corrected chi connectivity index (χ2v) is 6.28. The third kappa shape index (κ3) is 4.04. The van der Waals surface area contributed by atoms with Crippen molar-refractivity contribution in [3.05, 3.63) is 53.4 Å². The molecule has 5 nitrogen and oxygen atoms in total. The molecule has 0 bridgehead atoms. The third-order valence-electron chi connectivity index (χ3n) is 4.53. The number of aromatic nitrogens is 2. The van der Waals surface area contributed by atoms with Gasteiger partial charge in [-0.1, -0.05) is 6.92 Å². The summed E-state index contributed by atoms with van der Waals surface area (Å²) in [5.41, 5.74) is 0.424. The molecule has 2 atom stereocenters. The van der Waals surface area contributed by atoms with Crippen LogP contribution in [-0.4, -0.2) is 28.8 Å². The van der Waals surface area contributed by atoms with Crippen LogP contribution in [0.5, 0.6) is 0 Å². The highest BCUT2D eigenvalue weighted by molar-refractivity contribution is 5.92. The Morgan fingerprint density at radius 1 is 1.44 bits per heavy atom. The largest absolute Gasteiger partial charge is 0.344 e. The lowest BCUT2D eigenvalue weighted by molar-refractivity contribution is 0.0928. The van der Waals surface area contributed by atoms with Gasteiger partial charge in [-0.15, -0.1) is 0 Å². The van der Waals surface area contributed by atoms with Gasteiger partial charge in [-0.2, -0.15) is 5.10 Å². The fraction of sp³-hybridized carbons (Fsp3) is 0.444. The van der Waals surface area contributed by atoms with Crippen LogP contribution in [0.3, 0.4) is 0 Å². The van der Waals surface area contributed by atoms with E-state index >= 15 is 0 Å². The van der Waals surface area contributed by atoms with Gasteiger partial charge in [0.15, 0.2) is 0 Å². The van der Waals surface area contributed by atoms with E-state index in [-0.39, 0.29) is 17.3 Å². The zero-order chi connectivity index (χ0) is 17.8. The van der Waals surface area contributed by atoms with Crippen LogP contribution < -0.4 is 10.6 Å². The van der Waals surface area contributed by atoms with Gasteiger partial charge in [0.05, 0.1) is 12.1 Å². The molecule has 25 heavy (non-hydrogen) atoms. The number of amides is 1. The smallest absolute Gasteiger partial charge is 0.272 e. The van der Waals surface area contributed by atoms with Gasteiger partial charge in [0.25, 0.3) is 5.91 Å². The fourth-order valence-corrected chi connectivity index (χ4v) is 3.14. The van der Waals surface area contributed by atoms with Crippen molar-refractivity contribution in [3.8, 4) is 0 Å². The van der Waals surface area contributed by atoms with Gasteiger partial charge in [0.2, 0.25) is 0 Å². The lowest BCUT2D eigenvalue weighted by atomic mass is 10.0. The SMILES string of the molecule is CCC(NC(=O)c1ccn(C2CCCNC2)n1)c1cc(F)ccc1F. The van der Waals surface area contributed by atoms with E-state index in [2.05, 4.69) is 15.7 Å². The zero-order valence-corrected chi connectivity index (χ0v) is 14.1. The van der Waals surface area contributed by atoms with Crippen LogP contribution in [0.2, 0.25) is 0 Å². The van der Waals surface area contributed by atoms with Gasteiger partial charge in [-0.05, 0) is 50.1 Å². The maximum atomic E-state index is 14.0. The molecule has 1 fully saturated rings. The van der Waals surface area contributed by atoms with Crippen LogP contribution in [-0.2, 0) is 0 Å². The minimum absolute atomic E-state index is 0.145. The minimum atomic E-state index is -0.607. The summed E-state index contributed by atoms with van der Waals surface area (Å²) >= 11 is 0. The molecule has 1 aromatic heterocycles. The van der Waals surface area contributed by atoms with Crippen molar-refractivity contribution >= 4 is 5.91 Å². The monoisotopic (exact) mass is 348 g/mol. The number of rotatable bonds is 5. The minimum Gasteiger partial charge on any atom is -0.344 e. The Morgan fingerprint density at radius 2 is 2.28 bits per heavy atom. The highest BCUT2D eigenvalue weighted by atomic mass is 19.1. The molecule has 0 saturated carbocycles. The Bertz CT molecular complexity index is 740. The molecule has 1 aliphatic heterocycles. The molecule has 134 valence electrons. The summed E-state index contributed by atoms with van der Waals surface area (Å²) in [6, 6.07) is 4.54. The Labute approximate surface area is 145 Å². The van der Waals surface area contributed by atoms with E-state index in [4.69, 9.17) is 0 Å². The Kier molecular flexibility index (Phi) is 5.43. The van der Waals surface area contributed by atoms with Crippen LogP contribution in [0.15, 0.2) is 30.5 Å². The molecule has 0 radical (unpaired) electrons. The summed E-state index contributed by atoms with van der Waals surface area (Å²) in [4.78, 5) is 12.5. The van der Waals surface area contributed by atoms with Crippen molar-refractivity contribution < 1.29 is 13.6 Å². The first kappa shape index (κ1) is 17.5. The normalized spacial score (nSPS) is 18.8. The number of carbonyl (C=O) groups excluding carboxylic acids is 1. The van der Waals surface area contributed by atoms with E-state index in [0.29, 0.717) is 6.42 Å². The van der Waals surface area contributed by atoms with Crippen molar-refractivity contribution in [1.82, 2.24) is 20.4 Å². The van der Waals surface area contributed by atoms with E-state index in [1.807, 2.05) is 6.92 Å². The van der Waals surface area contributed by atoms with Gasteiger partial charge >= 0.3 is 0 Å². The lowest BCUT2D eigenvalue weighted by Gasteiger charge is -2.23. The fourth-order valence-electron chi connectivity index (χ4n) is 3.14. The molecule has 3 rings (SSSR count). The average molecular weight is 348 g/mol. The summed E-state index contributed by atoms with van der Waals surface area (Å²) in [6.07, 6.45) is 4.32. The number of nitrogens with one attached hydrogen (secondary N) is 2. The molecule has 2 aromatic rings. The van der Waals surface area contributed by atoms with E-state index in [1.165, 1.54) is 0 Å². The van der Waals surface area contributed by atoms with E-state index in [0.717, 1.165) is 44.1 Å². The van der Waals surface area contributed by atoms with Gasteiger partial charge in [0.1, 0.15) is 17.3 Å². The molecule has 1 aromatic carbocycles. The van der Waals surface area contributed by atoms with Gasteiger partial charge in [-0.25, -0.2) is 8.78 Å². The van der Waals surface area contributed by atoms with Crippen molar-refractivity contribution in [2.75, 3.05) is 13.1 Å². The molecule has 0 spiro atoms. The van der Waals surface area contributed by atoms with Crippen molar-refractivity contribution in [3.63, 3.8) is 0 Å². The summed E-state index contributed by atoms with van der Waals surface area (Å²) in [5, 5.41) is 10.4. The first-order chi connectivity index (χ1) is 12.1. The quantitative estimate of drug-likeness (QED) is 0.873. The lowest BCUT2D eigenvalue weighted by Crippen LogP contribution is -2.32. The molecule has 2 heterocycles. The second-order valence-electron chi connectivity index (χ2n) is 6.28. The van der Waals surface area contributed by atoms with Crippen molar-refractivity contribution in [2.24, 2.45) is 0 Å². The molecular weight excluding hydrogens is 326 g/mol. The average Bonchev–Trinajstić information content (AvgIpc) is 3.13. The standard InChI is InChI=1S/C18H22F2N4O/c1-2-16(14-10-12(19)5-6-15(14)20)22-18(25)17-7-9-24(23-17)13-4-3-8-21-11-13/h5-7,9-10,13,16,21H,2-4,8,11H2,1H3,(H,22,25). The summed E-state index contributed by atoms with van der Waals surface area (Å²) in [5.74, 6) is -1.46. The number of hydrogen-bond donors (Lipinski definition) is 2. The maximum Gasteiger partial charge on any atom is 0.272 e. The zero-order valence-electron chi connectivity index (χ0n) is 14.1. The molecule has 0 aliphatic carbocycles. The molecule has 2 N–H and O–H groups in total. The first-order valence-electron chi connectivity index (χ1n) is 8.60. The van der Waals surface area contributed by atoms with E-state index in [1.54, 1.807) is 16.9 Å². The van der Waals surface area contributed by atoms with E-state index in [9.17, 15) is 13.6 Å². The van der Waals surface area contributed by atoms with Gasteiger partial charge in [-0.3, -0.25) is 9.48 Å². The predicted molar refractivity (Wildman–Crippen MR) is 90.2 cm³/mol. The summed E-state index contributed by atoms with van der Waals surface area (Å²) in [6.45, 7) is 3.64. The number of carbonyl (C=O) groups is 1. The van der Waals surface area contributed by atoms with Gasteiger partial charge < -0.3 is 10.6 Å². The number of benzene rings is 1. The number of piperidine rings is 1. The Morgan fingerprint density at radius 3 is 3.00 bits per heavy atom. The maximum absolute atomic E-state index is 14.0. The number of hydrogen-bond acceptors (Lipinski definition) is 3. The molecule has 7 heteroatoms. The second kappa shape index (κ2) is 7.74. The number of nitrogens with zero attached hydrogens (tertiary/aromatic N) is 2. The van der Waals surface area contributed by atoms with Crippen LogP contribution in [0.25, 0.3) is 0 Å². The molecular formula is C18H22F2N4O. The Hall–Kier alpha value is -2.28. The van der Waals surface area contributed by atoms with Crippen LogP contribution in [0.1, 0.15) is 54.3 Å². The van der Waals surface area contributed by atoms with E-state index < -0.39 is 23.6 Å². The first-order valence-corrected chi connectivity index (χ1v) is 8.60. The van der Waals surface area contributed by atoms with Gasteiger partial charge in [0, 0.05) is 18.3 Å². The predicted octanol–water partition coefficient (Wildman–Crippen LogP) is 2.97. The molecule has 1 aliphatic rings. The number of halogens is 2. The van der Waals surface area contributed by atoms with Crippen LogP contribution in [0, 0.1) is 11.6 Å².